The Morgan fingerprint density at radius 2 is 2.27 bits per heavy atom. The number of carbonyl (C=O) groups is 1. The molecule has 0 aliphatic carbocycles. The van der Waals surface area contributed by atoms with Gasteiger partial charge in [0.1, 0.15) is 0 Å². The molecule has 0 saturated carbocycles. The third-order valence-electron chi connectivity index (χ3n) is 3.80. The van der Waals surface area contributed by atoms with Crippen LogP contribution in [0.15, 0.2) is 29.0 Å². The van der Waals surface area contributed by atoms with E-state index in [-0.39, 0.29) is 18.6 Å². The van der Waals surface area contributed by atoms with Crippen LogP contribution >= 0.6 is 11.3 Å². The van der Waals surface area contributed by atoms with Crippen molar-refractivity contribution < 1.29 is 9.90 Å². The summed E-state index contributed by atoms with van der Waals surface area (Å²) >= 11 is 1.54. The SMILES string of the molecule is C=C(C)CN1CCC(NC(=O)NCC(O)c2ccsc2)CC1. The number of aliphatic hydroxyl groups is 1. The van der Waals surface area contributed by atoms with Gasteiger partial charge in [0, 0.05) is 32.2 Å². The number of rotatable bonds is 6. The van der Waals surface area contributed by atoms with Crippen LogP contribution in [0.4, 0.5) is 4.79 Å². The highest BCUT2D eigenvalue weighted by atomic mass is 32.1. The van der Waals surface area contributed by atoms with E-state index in [2.05, 4.69) is 22.1 Å². The zero-order valence-electron chi connectivity index (χ0n) is 13.0. The quantitative estimate of drug-likeness (QED) is 0.703. The third kappa shape index (κ3) is 5.44. The lowest BCUT2D eigenvalue weighted by Gasteiger charge is -2.32. The molecule has 1 aliphatic rings. The maximum absolute atomic E-state index is 11.9. The zero-order chi connectivity index (χ0) is 15.9. The number of aliphatic hydroxyl groups excluding tert-OH is 1. The van der Waals surface area contributed by atoms with Crippen molar-refractivity contribution >= 4 is 17.4 Å². The molecule has 6 heteroatoms. The van der Waals surface area contributed by atoms with Gasteiger partial charge in [0.15, 0.2) is 0 Å². The van der Waals surface area contributed by atoms with Crippen molar-refractivity contribution in [2.24, 2.45) is 0 Å². The Morgan fingerprint density at radius 3 is 2.86 bits per heavy atom. The average Bonchev–Trinajstić information content (AvgIpc) is 3.00. The molecule has 0 radical (unpaired) electrons. The number of likely N-dealkylation sites (tertiary alicyclic amines) is 1. The number of amides is 2. The van der Waals surface area contributed by atoms with Crippen LogP contribution in [0.2, 0.25) is 0 Å². The summed E-state index contributed by atoms with van der Waals surface area (Å²) in [5.41, 5.74) is 2.02. The molecule has 1 aromatic rings. The van der Waals surface area contributed by atoms with Gasteiger partial charge in [0.2, 0.25) is 0 Å². The number of hydrogen-bond acceptors (Lipinski definition) is 4. The van der Waals surface area contributed by atoms with Gasteiger partial charge in [-0.25, -0.2) is 4.79 Å². The Balaban J connectivity index is 1.64. The molecule has 1 unspecified atom stereocenters. The van der Waals surface area contributed by atoms with Crippen LogP contribution in [0.5, 0.6) is 0 Å². The molecular weight excluding hydrogens is 298 g/mol. The number of thiophene rings is 1. The molecule has 122 valence electrons. The van der Waals surface area contributed by atoms with Crippen LogP contribution < -0.4 is 10.6 Å². The highest BCUT2D eigenvalue weighted by molar-refractivity contribution is 7.07. The van der Waals surface area contributed by atoms with Gasteiger partial charge in [-0.2, -0.15) is 11.3 Å². The highest BCUT2D eigenvalue weighted by Crippen LogP contribution is 2.15. The minimum Gasteiger partial charge on any atom is -0.387 e. The summed E-state index contributed by atoms with van der Waals surface area (Å²) in [6.07, 6.45) is 1.26. The minimum absolute atomic E-state index is 0.201. The number of hydrogen-bond donors (Lipinski definition) is 3. The second kappa shape index (κ2) is 8.31. The molecule has 22 heavy (non-hydrogen) atoms. The van der Waals surface area contributed by atoms with Crippen LogP contribution in [-0.4, -0.2) is 48.3 Å². The molecule has 2 amide bonds. The molecule has 1 saturated heterocycles. The van der Waals surface area contributed by atoms with Gasteiger partial charge in [-0.15, -0.1) is 0 Å². The van der Waals surface area contributed by atoms with E-state index in [1.807, 2.05) is 23.8 Å². The van der Waals surface area contributed by atoms with Gasteiger partial charge in [-0.1, -0.05) is 12.2 Å². The van der Waals surface area contributed by atoms with Gasteiger partial charge >= 0.3 is 6.03 Å². The van der Waals surface area contributed by atoms with Gasteiger partial charge in [0.05, 0.1) is 6.10 Å². The maximum atomic E-state index is 11.9. The van der Waals surface area contributed by atoms with Gasteiger partial charge in [-0.05, 0) is 42.2 Å². The van der Waals surface area contributed by atoms with E-state index in [1.54, 1.807) is 0 Å². The van der Waals surface area contributed by atoms with E-state index in [0.717, 1.165) is 38.0 Å². The smallest absolute Gasteiger partial charge is 0.315 e. The molecule has 2 rings (SSSR count). The van der Waals surface area contributed by atoms with Crippen molar-refractivity contribution in [1.29, 1.82) is 0 Å². The fraction of sp³-hybridized carbons (Fsp3) is 0.562. The molecular formula is C16H25N3O2S. The van der Waals surface area contributed by atoms with Crippen LogP contribution in [0.3, 0.4) is 0 Å². The predicted molar refractivity (Wildman–Crippen MR) is 90.1 cm³/mol. The fourth-order valence-electron chi connectivity index (χ4n) is 2.63. The number of nitrogens with zero attached hydrogens (tertiary/aromatic N) is 1. The first-order valence-corrected chi connectivity index (χ1v) is 8.60. The van der Waals surface area contributed by atoms with E-state index in [0.29, 0.717) is 0 Å². The average molecular weight is 323 g/mol. The van der Waals surface area contributed by atoms with Crippen molar-refractivity contribution in [3.8, 4) is 0 Å². The first-order valence-electron chi connectivity index (χ1n) is 7.66. The third-order valence-corrected chi connectivity index (χ3v) is 4.50. The van der Waals surface area contributed by atoms with Crippen LogP contribution in [0, 0.1) is 0 Å². The molecule has 1 fully saturated rings. The molecule has 3 N–H and O–H groups in total. The fourth-order valence-corrected chi connectivity index (χ4v) is 3.33. The monoisotopic (exact) mass is 323 g/mol. The number of piperidine rings is 1. The van der Waals surface area contributed by atoms with Gasteiger partial charge in [0.25, 0.3) is 0 Å². The summed E-state index contributed by atoms with van der Waals surface area (Å²) < 4.78 is 0. The molecule has 0 aromatic carbocycles. The molecule has 0 bridgehead atoms. The Bertz CT molecular complexity index is 482. The van der Waals surface area contributed by atoms with E-state index in [9.17, 15) is 9.90 Å². The zero-order valence-corrected chi connectivity index (χ0v) is 13.9. The first-order chi connectivity index (χ1) is 10.5. The highest BCUT2D eigenvalue weighted by Gasteiger charge is 2.20. The summed E-state index contributed by atoms with van der Waals surface area (Å²) in [6, 6.07) is 1.87. The van der Waals surface area contributed by atoms with Crippen molar-refractivity contribution in [2.45, 2.75) is 31.9 Å². The van der Waals surface area contributed by atoms with Crippen LogP contribution in [0.25, 0.3) is 0 Å². The van der Waals surface area contributed by atoms with E-state index in [4.69, 9.17) is 0 Å². The summed E-state index contributed by atoms with van der Waals surface area (Å²) in [7, 11) is 0. The second-order valence-electron chi connectivity index (χ2n) is 5.93. The maximum Gasteiger partial charge on any atom is 0.315 e. The Hall–Kier alpha value is -1.37. The second-order valence-corrected chi connectivity index (χ2v) is 6.71. The molecule has 5 nitrogen and oxygen atoms in total. The van der Waals surface area contributed by atoms with Crippen molar-refractivity contribution in [3.05, 3.63) is 34.5 Å². The lowest BCUT2D eigenvalue weighted by atomic mass is 10.0. The first kappa shape index (κ1) is 17.0. The van der Waals surface area contributed by atoms with E-state index in [1.165, 1.54) is 16.9 Å². The minimum atomic E-state index is -0.644. The van der Waals surface area contributed by atoms with E-state index >= 15 is 0 Å². The molecule has 2 heterocycles. The Morgan fingerprint density at radius 1 is 1.55 bits per heavy atom. The Labute approximate surface area is 136 Å². The predicted octanol–water partition coefficient (Wildman–Crippen LogP) is 2.12. The molecule has 1 atom stereocenters. The van der Waals surface area contributed by atoms with E-state index < -0.39 is 6.10 Å². The van der Waals surface area contributed by atoms with Crippen molar-refractivity contribution in [3.63, 3.8) is 0 Å². The molecule has 1 aliphatic heterocycles. The summed E-state index contributed by atoms with van der Waals surface area (Å²) in [4.78, 5) is 14.2. The van der Waals surface area contributed by atoms with Crippen LogP contribution in [0.1, 0.15) is 31.4 Å². The lowest BCUT2D eigenvalue weighted by Crippen LogP contribution is -2.48. The summed E-state index contributed by atoms with van der Waals surface area (Å²) in [5, 5.41) is 19.5. The standard InChI is InChI=1S/C16H25N3O2S/c1-12(2)10-19-6-3-14(4-7-19)18-16(21)17-9-15(20)13-5-8-22-11-13/h5,8,11,14-15,20H,1,3-4,6-7,9-10H2,2H3,(H2,17,18,21). The lowest BCUT2D eigenvalue weighted by molar-refractivity contribution is 0.170. The number of nitrogens with one attached hydrogen (secondary N) is 2. The number of carbonyl (C=O) groups excluding carboxylic acids is 1. The summed E-state index contributed by atoms with van der Waals surface area (Å²) in [5.74, 6) is 0. The molecule has 0 spiro atoms. The number of urea groups is 1. The van der Waals surface area contributed by atoms with Crippen molar-refractivity contribution in [2.75, 3.05) is 26.2 Å². The largest absolute Gasteiger partial charge is 0.387 e. The van der Waals surface area contributed by atoms with Gasteiger partial charge in [-0.3, -0.25) is 4.90 Å². The van der Waals surface area contributed by atoms with Crippen LogP contribution in [-0.2, 0) is 0 Å². The van der Waals surface area contributed by atoms with Gasteiger partial charge < -0.3 is 15.7 Å². The Kier molecular flexibility index (Phi) is 6.42. The van der Waals surface area contributed by atoms with Crippen molar-refractivity contribution in [1.82, 2.24) is 15.5 Å². The molecule has 1 aromatic heterocycles. The normalized spacial score (nSPS) is 17.9. The topological polar surface area (TPSA) is 64.6 Å². The summed E-state index contributed by atoms with van der Waals surface area (Å²) in [6.45, 7) is 9.10.